The SMILES string of the molecule is COCCOCCOC(=O)OCOP(=O)(OCOC(=O)OCCOCCOC)O[C@@]1(CF)O[C@@H](n2ccc(=O)[nH]c2=O)[C@](C)(OC2(O)CCCC2)[C@@H]1C. The van der Waals surface area contributed by atoms with Gasteiger partial charge in [0.2, 0.25) is 19.4 Å². The van der Waals surface area contributed by atoms with Gasteiger partial charge in [0.05, 0.1) is 39.6 Å². The maximum Gasteiger partial charge on any atom is 0.510 e. The van der Waals surface area contributed by atoms with Crippen LogP contribution in [-0.4, -0.2) is 131 Å². The van der Waals surface area contributed by atoms with Crippen LogP contribution in [0.4, 0.5) is 14.0 Å². The first-order valence-electron chi connectivity index (χ1n) is 16.6. The molecule has 2 heterocycles. The Balaban J connectivity index is 1.81. The molecule has 0 unspecified atom stereocenters. The van der Waals surface area contributed by atoms with E-state index in [9.17, 15) is 28.8 Å². The van der Waals surface area contributed by atoms with Crippen LogP contribution in [0.3, 0.4) is 0 Å². The van der Waals surface area contributed by atoms with E-state index >= 15 is 4.39 Å². The number of methoxy groups -OCH3 is 2. The van der Waals surface area contributed by atoms with Crippen molar-refractivity contribution in [2.45, 2.75) is 62.9 Å². The Morgan fingerprint density at radius 2 is 1.45 bits per heavy atom. The third-order valence-corrected chi connectivity index (χ3v) is 9.58. The molecule has 0 aromatic carbocycles. The van der Waals surface area contributed by atoms with Crippen LogP contribution in [0, 0.1) is 5.92 Å². The number of aromatic nitrogens is 2. The third kappa shape index (κ3) is 13.1. The molecule has 1 aromatic rings. The van der Waals surface area contributed by atoms with Crippen LogP contribution in [0.5, 0.6) is 0 Å². The molecule has 1 aliphatic heterocycles. The number of alkyl halides is 1. The zero-order valence-electron chi connectivity index (χ0n) is 30.0. The molecule has 1 saturated heterocycles. The number of hydrogen-bond acceptors (Lipinski definition) is 19. The van der Waals surface area contributed by atoms with Crippen molar-refractivity contribution in [3.63, 3.8) is 0 Å². The first-order chi connectivity index (χ1) is 25.3. The Kier molecular flexibility index (Phi) is 17.7. The maximum absolute atomic E-state index is 15.3. The Morgan fingerprint density at radius 1 is 0.925 bits per heavy atom. The minimum Gasteiger partial charge on any atom is -0.432 e. The van der Waals surface area contributed by atoms with Gasteiger partial charge < -0.3 is 52.5 Å². The molecule has 23 heteroatoms. The van der Waals surface area contributed by atoms with Crippen molar-refractivity contribution in [3.05, 3.63) is 33.1 Å². The molecule has 304 valence electrons. The van der Waals surface area contributed by atoms with Gasteiger partial charge in [0.1, 0.15) is 25.5 Å². The second kappa shape index (κ2) is 21.2. The first kappa shape index (κ1) is 44.4. The van der Waals surface area contributed by atoms with Crippen molar-refractivity contribution in [1.29, 1.82) is 0 Å². The lowest BCUT2D eigenvalue weighted by Gasteiger charge is -2.41. The third-order valence-electron chi connectivity index (χ3n) is 8.21. The zero-order valence-corrected chi connectivity index (χ0v) is 30.9. The van der Waals surface area contributed by atoms with Crippen molar-refractivity contribution in [3.8, 4) is 0 Å². The van der Waals surface area contributed by atoms with E-state index in [2.05, 4.69) is 4.98 Å². The van der Waals surface area contributed by atoms with Crippen LogP contribution >= 0.6 is 7.82 Å². The van der Waals surface area contributed by atoms with Gasteiger partial charge in [-0.3, -0.25) is 18.9 Å². The number of nitrogens with zero attached hydrogens (tertiary/aromatic N) is 1. The van der Waals surface area contributed by atoms with Crippen LogP contribution in [0.2, 0.25) is 0 Å². The van der Waals surface area contributed by atoms with E-state index in [1.807, 2.05) is 0 Å². The molecule has 3 rings (SSSR count). The summed E-state index contributed by atoms with van der Waals surface area (Å²) in [6.45, 7) is -0.476. The monoisotopic (exact) mass is 790 g/mol. The summed E-state index contributed by atoms with van der Waals surface area (Å²) in [5.74, 6) is -5.72. The molecule has 2 fully saturated rings. The molecule has 4 atom stereocenters. The van der Waals surface area contributed by atoms with Crippen molar-refractivity contribution in [2.75, 3.05) is 87.3 Å². The number of phosphoric acid groups is 1. The number of carbonyl (C=O) groups is 2. The van der Waals surface area contributed by atoms with Crippen LogP contribution in [0.15, 0.2) is 21.9 Å². The number of phosphoric ester groups is 1. The van der Waals surface area contributed by atoms with Gasteiger partial charge in [-0.15, -0.1) is 0 Å². The fourth-order valence-electron chi connectivity index (χ4n) is 5.35. The van der Waals surface area contributed by atoms with E-state index in [0.717, 1.165) is 16.8 Å². The van der Waals surface area contributed by atoms with Gasteiger partial charge in [-0.2, -0.15) is 0 Å². The van der Waals surface area contributed by atoms with Gasteiger partial charge in [0.25, 0.3) is 5.56 Å². The average Bonchev–Trinajstić information content (AvgIpc) is 3.62. The lowest BCUT2D eigenvalue weighted by atomic mass is 9.85. The topological polar surface area (TPSA) is 246 Å². The largest absolute Gasteiger partial charge is 0.510 e. The predicted octanol–water partition coefficient (Wildman–Crippen LogP) is 2.11. The Morgan fingerprint density at radius 3 is 1.94 bits per heavy atom. The second-order valence-electron chi connectivity index (χ2n) is 11.8. The van der Waals surface area contributed by atoms with Gasteiger partial charge >= 0.3 is 25.8 Å². The Hall–Kier alpha value is -3.02. The maximum atomic E-state index is 15.3. The van der Waals surface area contributed by atoms with Crippen LogP contribution in [0.25, 0.3) is 0 Å². The van der Waals surface area contributed by atoms with Gasteiger partial charge in [-0.05, 0) is 19.8 Å². The van der Waals surface area contributed by atoms with Crippen molar-refractivity contribution < 1.29 is 84.6 Å². The summed E-state index contributed by atoms with van der Waals surface area (Å²) in [7, 11) is -2.24. The molecule has 0 radical (unpaired) electrons. The highest BCUT2D eigenvalue weighted by molar-refractivity contribution is 7.48. The fraction of sp³-hybridized carbons (Fsp3) is 0.800. The van der Waals surface area contributed by atoms with Gasteiger partial charge in [-0.1, -0.05) is 6.92 Å². The highest BCUT2D eigenvalue weighted by Crippen LogP contribution is 2.61. The summed E-state index contributed by atoms with van der Waals surface area (Å²) >= 11 is 0. The quantitative estimate of drug-likeness (QED) is 0.0659. The molecule has 0 bridgehead atoms. The molecule has 0 spiro atoms. The normalized spacial score (nSPS) is 23.9. The molecule has 1 saturated carbocycles. The van der Waals surface area contributed by atoms with E-state index in [1.54, 1.807) is 0 Å². The molecule has 2 aliphatic rings. The summed E-state index contributed by atoms with van der Waals surface area (Å²) in [5, 5.41) is 11.2. The number of carbonyl (C=O) groups excluding carboxylic acids is 2. The number of rotatable bonds is 24. The van der Waals surface area contributed by atoms with E-state index < -0.39 is 81.0 Å². The van der Waals surface area contributed by atoms with E-state index in [1.165, 1.54) is 28.1 Å². The molecule has 1 aromatic heterocycles. The number of ether oxygens (including phenoxy) is 10. The number of hydrogen-bond donors (Lipinski definition) is 2. The number of aromatic amines is 1. The molecular formula is C30H48FN2O19P. The Bertz CT molecular complexity index is 1420. The minimum atomic E-state index is -5.21. The van der Waals surface area contributed by atoms with Gasteiger partial charge in [0, 0.05) is 45.2 Å². The van der Waals surface area contributed by atoms with E-state index in [0.29, 0.717) is 26.1 Å². The molecule has 53 heavy (non-hydrogen) atoms. The average molecular weight is 791 g/mol. The fourth-order valence-corrected chi connectivity index (χ4v) is 6.52. The zero-order chi connectivity index (χ0) is 39.0. The van der Waals surface area contributed by atoms with Crippen molar-refractivity contribution >= 4 is 20.1 Å². The van der Waals surface area contributed by atoms with Crippen LogP contribution in [0.1, 0.15) is 45.8 Å². The molecular weight excluding hydrogens is 742 g/mol. The standard InChI is InChI=1S/C30H48FN2O19P/c1-22-28(2,51-29(38)8-5-6-9-29)24(33-10-7-23(34)32-25(33)35)50-30(22,19-31)52-53(39,48-20-46-26(36)44-17-15-42-13-11-40-3)49-21-47-27(37)45-18-16-43-14-12-41-4/h7,10,22,24,38H,5-6,8-9,11-21H2,1-4H3,(H,32,34,35)/t22-,24+,28+,30+/m0/s1. The second-order valence-corrected chi connectivity index (χ2v) is 13.4. The summed E-state index contributed by atoms with van der Waals surface area (Å²) < 4.78 is 97.6. The van der Waals surface area contributed by atoms with E-state index in [4.69, 9.17) is 60.9 Å². The lowest BCUT2D eigenvalue weighted by molar-refractivity contribution is -0.284. The summed E-state index contributed by atoms with van der Waals surface area (Å²) in [4.78, 5) is 51.0. The first-order valence-corrected chi connectivity index (χ1v) is 18.0. The lowest BCUT2D eigenvalue weighted by Crippen LogP contribution is -2.52. The van der Waals surface area contributed by atoms with Gasteiger partial charge in [-0.25, -0.2) is 32.4 Å². The smallest absolute Gasteiger partial charge is 0.432 e. The molecule has 2 N–H and O–H groups in total. The van der Waals surface area contributed by atoms with Gasteiger partial charge in [0.15, 0.2) is 12.0 Å². The predicted molar refractivity (Wildman–Crippen MR) is 173 cm³/mol. The minimum absolute atomic E-state index is 0.000515. The Labute approximate surface area is 303 Å². The molecule has 21 nitrogen and oxygen atoms in total. The van der Waals surface area contributed by atoms with E-state index in [-0.39, 0.29) is 52.5 Å². The van der Waals surface area contributed by atoms with Crippen molar-refractivity contribution in [2.24, 2.45) is 5.92 Å². The molecule has 1 aliphatic carbocycles. The number of nitrogens with one attached hydrogen (secondary N) is 1. The van der Waals surface area contributed by atoms with Crippen LogP contribution in [-0.2, 0) is 65.5 Å². The summed E-state index contributed by atoms with van der Waals surface area (Å²) in [6.07, 6.45) is -1.55. The number of halogens is 1. The number of aliphatic hydroxyl groups is 1. The summed E-state index contributed by atoms with van der Waals surface area (Å²) in [6, 6.07) is 0.998. The summed E-state index contributed by atoms with van der Waals surface area (Å²) in [5.41, 5.74) is -3.56. The molecule has 0 amide bonds. The highest BCUT2D eigenvalue weighted by atomic mass is 31.2. The van der Waals surface area contributed by atoms with Crippen LogP contribution < -0.4 is 11.2 Å². The highest BCUT2D eigenvalue weighted by Gasteiger charge is 2.67. The van der Waals surface area contributed by atoms with Crippen molar-refractivity contribution in [1.82, 2.24) is 9.55 Å². The number of H-pyrrole nitrogens is 1.